The summed E-state index contributed by atoms with van der Waals surface area (Å²) in [4.78, 5) is 13.0. The summed E-state index contributed by atoms with van der Waals surface area (Å²) in [6.07, 6.45) is 0. The van der Waals surface area contributed by atoms with Crippen molar-refractivity contribution < 1.29 is 19.0 Å². The van der Waals surface area contributed by atoms with E-state index in [0.717, 1.165) is 11.3 Å². The van der Waals surface area contributed by atoms with Crippen molar-refractivity contribution in [2.24, 2.45) is 17.3 Å². The third-order valence-electron chi connectivity index (χ3n) is 5.21. The Morgan fingerprint density at radius 3 is 2.41 bits per heavy atom. The lowest BCUT2D eigenvalue weighted by Crippen LogP contribution is -2.23. The molecule has 0 saturated heterocycles. The molecule has 1 heterocycles. The zero-order valence-corrected chi connectivity index (χ0v) is 20.7. The maximum absolute atomic E-state index is 13.0. The SMILES string of the molecule is COc1ccc(OC)c(CNC(=O)c2ccccc2N=Nc2c(C(C)(C)C)nn(C)c2OC)c1. The molecule has 0 aliphatic heterocycles. The highest BCUT2D eigenvalue weighted by atomic mass is 16.5. The smallest absolute Gasteiger partial charge is 0.253 e. The number of nitrogens with one attached hydrogen (secondary N) is 1. The molecule has 0 atom stereocenters. The molecule has 0 aliphatic rings. The van der Waals surface area contributed by atoms with E-state index < -0.39 is 0 Å². The number of hydrogen-bond acceptors (Lipinski definition) is 7. The molecule has 34 heavy (non-hydrogen) atoms. The Morgan fingerprint density at radius 1 is 1.03 bits per heavy atom. The first-order valence-electron chi connectivity index (χ1n) is 10.8. The van der Waals surface area contributed by atoms with Crippen LogP contribution in [0.15, 0.2) is 52.7 Å². The Kier molecular flexibility index (Phi) is 7.55. The van der Waals surface area contributed by atoms with Gasteiger partial charge in [0.2, 0.25) is 5.88 Å². The maximum Gasteiger partial charge on any atom is 0.253 e. The molecule has 0 radical (unpaired) electrons. The standard InChI is InChI=1S/C25H31N5O4/c1-25(2,3)22-21(24(34-7)30(4)29-22)28-27-19-11-9-8-10-18(19)23(31)26-15-16-14-17(32-5)12-13-20(16)33-6/h8-14H,15H2,1-7H3,(H,26,31). The molecule has 1 aromatic heterocycles. The van der Waals surface area contributed by atoms with Gasteiger partial charge in [-0.1, -0.05) is 32.9 Å². The number of benzene rings is 2. The van der Waals surface area contributed by atoms with Gasteiger partial charge in [-0.25, -0.2) is 4.68 Å². The largest absolute Gasteiger partial charge is 0.497 e. The first kappa shape index (κ1) is 24.8. The first-order chi connectivity index (χ1) is 16.2. The Labute approximate surface area is 199 Å². The molecule has 9 nitrogen and oxygen atoms in total. The average Bonchev–Trinajstić information content (AvgIpc) is 3.16. The number of carbonyl (C=O) groups excluding carboxylic acids is 1. The Morgan fingerprint density at radius 2 is 1.76 bits per heavy atom. The summed E-state index contributed by atoms with van der Waals surface area (Å²) in [5.74, 6) is 1.56. The van der Waals surface area contributed by atoms with E-state index >= 15 is 0 Å². The minimum absolute atomic E-state index is 0.259. The van der Waals surface area contributed by atoms with E-state index in [0.29, 0.717) is 34.3 Å². The number of azo groups is 1. The molecule has 9 heteroatoms. The minimum atomic E-state index is -0.284. The molecular weight excluding hydrogens is 434 g/mol. The van der Waals surface area contributed by atoms with Gasteiger partial charge in [-0.15, -0.1) is 10.2 Å². The van der Waals surface area contributed by atoms with Gasteiger partial charge in [-0.05, 0) is 30.3 Å². The lowest BCUT2D eigenvalue weighted by molar-refractivity contribution is 0.0951. The van der Waals surface area contributed by atoms with Crippen molar-refractivity contribution in [3.63, 3.8) is 0 Å². The maximum atomic E-state index is 13.0. The second-order valence-electron chi connectivity index (χ2n) is 8.66. The highest BCUT2D eigenvalue weighted by Crippen LogP contribution is 2.39. The van der Waals surface area contributed by atoms with Crippen LogP contribution in [0.1, 0.15) is 42.4 Å². The Balaban J connectivity index is 1.88. The molecule has 2 aromatic carbocycles. The zero-order valence-electron chi connectivity index (χ0n) is 20.7. The van der Waals surface area contributed by atoms with Crippen LogP contribution in [0.3, 0.4) is 0 Å². The van der Waals surface area contributed by atoms with Crippen LogP contribution in [0, 0.1) is 0 Å². The van der Waals surface area contributed by atoms with E-state index in [-0.39, 0.29) is 17.9 Å². The molecular formula is C25H31N5O4. The van der Waals surface area contributed by atoms with Gasteiger partial charge < -0.3 is 19.5 Å². The summed E-state index contributed by atoms with van der Waals surface area (Å²) in [5, 5.41) is 16.3. The number of methoxy groups -OCH3 is 3. The number of ether oxygens (including phenoxy) is 3. The molecule has 1 amide bonds. The molecule has 180 valence electrons. The topological polar surface area (TPSA) is 99.3 Å². The predicted molar refractivity (Wildman–Crippen MR) is 130 cm³/mol. The zero-order chi connectivity index (χ0) is 24.9. The number of carbonyl (C=O) groups is 1. The molecule has 0 fully saturated rings. The Hall–Kier alpha value is -3.88. The summed E-state index contributed by atoms with van der Waals surface area (Å²) in [7, 11) is 6.53. The van der Waals surface area contributed by atoms with Crippen molar-refractivity contribution in [2.75, 3.05) is 21.3 Å². The summed E-state index contributed by atoms with van der Waals surface area (Å²) in [6, 6.07) is 12.5. The molecule has 0 unspecified atom stereocenters. The van der Waals surface area contributed by atoms with Crippen molar-refractivity contribution >= 4 is 17.3 Å². The number of amides is 1. The fourth-order valence-corrected chi connectivity index (χ4v) is 3.47. The molecule has 0 bridgehead atoms. The predicted octanol–water partition coefficient (Wildman–Crippen LogP) is 5.09. The van der Waals surface area contributed by atoms with Crippen molar-refractivity contribution in [1.29, 1.82) is 0 Å². The second kappa shape index (κ2) is 10.4. The van der Waals surface area contributed by atoms with Gasteiger partial charge in [0.1, 0.15) is 11.5 Å². The molecule has 3 rings (SSSR count). The number of rotatable bonds is 8. The molecule has 0 spiro atoms. The van der Waals surface area contributed by atoms with Crippen LogP contribution in [-0.2, 0) is 19.0 Å². The normalized spacial score (nSPS) is 11.5. The van der Waals surface area contributed by atoms with Crippen LogP contribution in [0.2, 0.25) is 0 Å². The summed E-state index contributed by atoms with van der Waals surface area (Å²) < 4.78 is 17.8. The third-order valence-corrected chi connectivity index (χ3v) is 5.21. The lowest BCUT2D eigenvalue weighted by Gasteiger charge is -2.15. The van der Waals surface area contributed by atoms with Crippen molar-refractivity contribution in [2.45, 2.75) is 32.7 Å². The second-order valence-corrected chi connectivity index (χ2v) is 8.66. The third kappa shape index (κ3) is 5.36. The summed E-state index contributed by atoms with van der Waals surface area (Å²) in [5.41, 5.74) is 2.65. The first-order valence-corrected chi connectivity index (χ1v) is 10.8. The van der Waals surface area contributed by atoms with E-state index in [9.17, 15) is 4.79 Å². The van der Waals surface area contributed by atoms with Crippen LogP contribution in [-0.4, -0.2) is 37.0 Å². The average molecular weight is 466 g/mol. The van der Waals surface area contributed by atoms with Crippen molar-refractivity contribution in [3.05, 3.63) is 59.3 Å². The van der Waals surface area contributed by atoms with Gasteiger partial charge in [0, 0.05) is 24.6 Å². The molecule has 1 N–H and O–H groups in total. The minimum Gasteiger partial charge on any atom is -0.497 e. The van der Waals surface area contributed by atoms with Gasteiger partial charge in [0.25, 0.3) is 5.91 Å². The van der Waals surface area contributed by atoms with E-state index in [4.69, 9.17) is 14.2 Å². The monoisotopic (exact) mass is 465 g/mol. The van der Waals surface area contributed by atoms with Crippen molar-refractivity contribution in [3.8, 4) is 17.4 Å². The highest BCUT2D eigenvalue weighted by molar-refractivity contribution is 5.98. The van der Waals surface area contributed by atoms with Gasteiger partial charge in [0.05, 0.1) is 38.3 Å². The van der Waals surface area contributed by atoms with Crippen LogP contribution >= 0.6 is 0 Å². The Bertz CT molecular complexity index is 1190. The van der Waals surface area contributed by atoms with E-state index in [1.54, 1.807) is 69.5 Å². The van der Waals surface area contributed by atoms with E-state index in [1.165, 1.54) is 0 Å². The number of hydrogen-bond donors (Lipinski definition) is 1. The van der Waals surface area contributed by atoms with Crippen LogP contribution in [0.5, 0.6) is 17.4 Å². The summed E-state index contributed by atoms with van der Waals surface area (Å²) in [6.45, 7) is 6.39. The number of aromatic nitrogens is 2. The van der Waals surface area contributed by atoms with Crippen LogP contribution < -0.4 is 19.5 Å². The van der Waals surface area contributed by atoms with E-state index in [2.05, 4.69) is 20.6 Å². The lowest BCUT2D eigenvalue weighted by atomic mass is 9.91. The van der Waals surface area contributed by atoms with Crippen LogP contribution in [0.4, 0.5) is 11.4 Å². The fraction of sp³-hybridized carbons (Fsp3) is 0.360. The number of nitrogens with zero attached hydrogens (tertiary/aromatic N) is 4. The van der Waals surface area contributed by atoms with Gasteiger partial charge in [0.15, 0.2) is 5.69 Å². The van der Waals surface area contributed by atoms with Gasteiger partial charge in [-0.3, -0.25) is 4.79 Å². The van der Waals surface area contributed by atoms with E-state index in [1.807, 2.05) is 26.8 Å². The quantitative estimate of drug-likeness (QED) is 0.467. The highest BCUT2D eigenvalue weighted by Gasteiger charge is 2.27. The summed E-state index contributed by atoms with van der Waals surface area (Å²) >= 11 is 0. The molecule has 3 aromatic rings. The van der Waals surface area contributed by atoms with Crippen LogP contribution in [0.25, 0.3) is 0 Å². The molecule has 0 saturated carbocycles. The van der Waals surface area contributed by atoms with Gasteiger partial charge >= 0.3 is 0 Å². The van der Waals surface area contributed by atoms with Crippen molar-refractivity contribution in [1.82, 2.24) is 15.1 Å². The molecule has 0 aliphatic carbocycles. The van der Waals surface area contributed by atoms with Gasteiger partial charge in [-0.2, -0.15) is 5.10 Å². The number of aryl methyl sites for hydroxylation is 1. The fourth-order valence-electron chi connectivity index (χ4n) is 3.47.